The lowest BCUT2D eigenvalue weighted by atomic mass is 10.1. The fourth-order valence-corrected chi connectivity index (χ4v) is 2.14. The summed E-state index contributed by atoms with van der Waals surface area (Å²) in [4.78, 5) is 4.73. The summed E-state index contributed by atoms with van der Waals surface area (Å²) >= 11 is 0. The molecule has 0 amide bonds. The van der Waals surface area contributed by atoms with E-state index < -0.39 is 0 Å². The first-order valence-corrected chi connectivity index (χ1v) is 6.15. The smallest absolute Gasteiger partial charge is 0.123 e. The van der Waals surface area contributed by atoms with Crippen LogP contribution in [0.4, 0.5) is 0 Å². The second-order valence-corrected chi connectivity index (χ2v) is 5.07. The van der Waals surface area contributed by atoms with E-state index >= 15 is 0 Å². The number of nitrogens with one attached hydrogen (secondary N) is 1. The van der Waals surface area contributed by atoms with Crippen LogP contribution in [0.3, 0.4) is 0 Å². The van der Waals surface area contributed by atoms with E-state index in [4.69, 9.17) is 4.98 Å². The molecular formula is C14H21N3. The molecule has 3 nitrogen and oxygen atoms in total. The fraction of sp³-hybridized carbons (Fsp3) is 0.500. The lowest BCUT2D eigenvalue weighted by Gasteiger charge is -2.07. The highest BCUT2D eigenvalue weighted by molar-refractivity contribution is 5.80. The Morgan fingerprint density at radius 1 is 1.29 bits per heavy atom. The summed E-state index contributed by atoms with van der Waals surface area (Å²) in [5.41, 5.74) is 4.90. The molecule has 0 saturated carbocycles. The molecule has 0 aliphatic rings. The molecule has 0 unspecified atom stereocenters. The van der Waals surface area contributed by atoms with E-state index in [1.807, 2.05) is 0 Å². The van der Waals surface area contributed by atoms with Crippen LogP contribution in [0, 0.1) is 13.8 Å². The molecule has 1 aromatic heterocycles. The average Bonchev–Trinajstić information content (AvgIpc) is 2.54. The van der Waals surface area contributed by atoms with Gasteiger partial charge in [0, 0.05) is 13.1 Å². The van der Waals surface area contributed by atoms with Crippen molar-refractivity contribution in [3.8, 4) is 0 Å². The molecule has 92 valence electrons. The number of hydrogen-bond donors (Lipinski definition) is 1. The number of benzene rings is 1. The molecule has 1 heterocycles. The van der Waals surface area contributed by atoms with Crippen LogP contribution in [0.2, 0.25) is 0 Å². The number of nitrogens with zero attached hydrogens (tertiary/aromatic N) is 2. The highest BCUT2D eigenvalue weighted by Gasteiger charge is 2.10. The van der Waals surface area contributed by atoms with Crippen LogP contribution in [0.15, 0.2) is 12.1 Å². The molecule has 3 heteroatoms. The Hall–Kier alpha value is -1.35. The van der Waals surface area contributed by atoms with Crippen molar-refractivity contribution in [3.63, 3.8) is 0 Å². The van der Waals surface area contributed by atoms with Gasteiger partial charge in [0.2, 0.25) is 0 Å². The number of aryl methyl sites for hydroxylation is 3. The first-order chi connectivity index (χ1) is 7.99. The van der Waals surface area contributed by atoms with Crippen molar-refractivity contribution < 1.29 is 0 Å². The Bertz CT molecular complexity index is 538. The minimum Gasteiger partial charge on any atom is -0.330 e. The summed E-state index contributed by atoms with van der Waals surface area (Å²) < 4.78 is 2.19. The van der Waals surface area contributed by atoms with Crippen LogP contribution in [0.5, 0.6) is 0 Å². The highest BCUT2D eigenvalue weighted by Crippen LogP contribution is 2.20. The molecule has 2 rings (SSSR count). The first-order valence-electron chi connectivity index (χ1n) is 6.15. The van der Waals surface area contributed by atoms with E-state index in [1.54, 1.807) is 0 Å². The molecule has 0 aliphatic heterocycles. The predicted octanol–water partition coefficient (Wildman–Crippen LogP) is 2.69. The topological polar surface area (TPSA) is 29.9 Å². The van der Waals surface area contributed by atoms with Gasteiger partial charge in [-0.15, -0.1) is 0 Å². The van der Waals surface area contributed by atoms with Gasteiger partial charge in [-0.05, 0) is 31.0 Å². The van der Waals surface area contributed by atoms with Crippen LogP contribution in [0.1, 0.15) is 30.8 Å². The third-order valence-corrected chi connectivity index (χ3v) is 3.08. The zero-order valence-electron chi connectivity index (χ0n) is 11.3. The Morgan fingerprint density at radius 2 is 2.00 bits per heavy atom. The van der Waals surface area contributed by atoms with Crippen LogP contribution in [0.25, 0.3) is 11.0 Å². The van der Waals surface area contributed by atoms with E-state index in [2.05, 4.69) is 56.8 Å². The van der Waals surface area contributed by atoms with Gasteiger partial charge in [-0.1, -0.05) is 19.9 Å². The maximum absolute atomic E-state index is 4.73. The first kappa shape index (κ1) is 12.1. The molecule has 2 aromatic rings. The van der Waals surface area contributed by atoms with E-state index in [1.165, 1.54) is 16.6 Å². The summed E-state index contributed by atoms with van der Waals surface area (Å²) in [6.07, 6.45) is 0. The SMILES string of the molecule is Cc1cc(C)c2nc(CNC(C)C)n(C)c2c1. The third kappa shape index (κ3) is 2.34. The maximum Gasteiger partial charge on any atom is 0.123 e. The zero-order chi connectivity index (χ0) is 12.6. The fourth-order valence-electron chi connectivity index (χ4n) is 2.14. The van der Waals surface area contributed by atoms with Crippen molar-refractivity contribution in [2.75, 3.05) is 0 Å². The van der Waals surface area contributed by atoms with Gasteiger partial charge in [-0.25, -0.2) is 4.98 Å². The van der Waals surface area contributed by atoms with Crippen LogP contribution in [-0.2, 0) is 13.6 Å². The molecule has 0 saturated heterocycles. The minimum atomic E-state index is 0.484. The summed E-state index contributed by atoms with van der Waals surface area (Å²) in [6, 6.07) is 4.88. The number of rotatable bonds is 3. The Labute approximate surface area is 103 Å². The van der Waals surface area contributed by atoms with Crippen LogP contribution < -0.4 is 5.32 Å². The monoisotopic (exact) mass is 231 g/mol. The van der Waals surface area contributed by atoms with Crippen molar-refractivity contribution in [2.45, 2.75) is 40.3 Å². The van der Waals surface area contributed by atoms with E-state index in [9.17, 15) is 0 Å². The van der Waals surface area contributed by atoms with E-state index in [0.717, 1.165) is 17.9 Å². The van der Waals surface area contributed by atoms with Gasteiger partial charge in [0.15, 0.2) is 0 Å². The standard InChI is InChI=1S/C14H21N3/c1-9(2)15-8-13-16-14-11(4)6-10(3)7-12(14)17(13)5/h6-7,9,15H,8H2,1-5H3. The lowest BCUT2D eigenvalue weighted by Crippen LogP contribution is -2.23. The molecule has 1 aromatic carbocycles. The maximum atomic E-state index is 4.73. The van der Waals surface area contributed by atoms with Crippen molar-refractivity contribution in [2.24, 2.45) is 7.05 Å². The van der Waals surface area contributed by atoms with Gasteiger partial charge in [0.1, 0.15) is 5.82 Å². The Balaban J connectivity index is 2.45. The summed E-state index contributed by atoms with van der Waals surface area (Å²) in [6.45, 7) is 9.38. The predicted molar refractivity (Wildman–Crippen MR) is 72.2 cm³/mol. The minimum absolute atomic E-state index is 0.484. The zero-order valence-corrected chi connectivity index (χ0v) is 11.3. The molecule has 0 spiro atoms. The van der Waals surface area contributed by atoms with Gasteiger partial charge in [0.25, 0.3) is 0 Å². The normalized spacial score (nSPS) is 11.6. The molecule has 0 aliphatic carbocycles. The third-order valence-electron chi connectivity index (χ3n) is 3.08. The van der Waals surface area contributed by atoms with E-state index in [0.29, 0.717) is 6.04 Å². The van der Waals surface area contributed by atoms with Gasteiger partial charge in [-0.2, -0.15) is 0 Å². The molecule has 0 fully saturated rings. The molecular weight excluding hydrogens is 210 g/mol. The molecule has 1 N–H and O–H groups in total. The number of hydrogen-bond acceptors (Lipinski definition) is 2. The van der Waals surface area contributed by atoms with Crippen molar-refractivity contribution in [3.05, 3.63) is 29.1 Å². The summed E-state index contributed by atoms with van der Waals surface area (Å²) in [5.74, 6) is 1.10. The van der Waals surface area contributed by atoms with Gasteiger partial charge in [-0.3, -0.25) is 0 Å². The summed E-state index contributed by atoms with van der Waals surface area (Å²) in [5, 5.41) is 3.41. The van der Waals surface area contributed by atoms with Crippen molar-refractivity contribution in [1.29, 1.82) is 0 Å². The Kier molecular flexibility index (Phi) is 3.20. The van der Waals surface area contributed by atoms with Gasteiger partial charge < -0.3 is 9.88 Å². The van der Waals surface area contributed by atoms with Crippen LogP contribution >= 0.6 is 0 Å². The molecule has 0 atom stereocenters. The van der Waals surface area contributed by atoms with Crippen molar-refractivity contribution >= 4 is 11.0 Å². The van der Waals surface area contributed by atoms with E-state index in [-0.39, 0.29) is 0 Å². The second-order valence-electron chi connectivity index (χ2n) is 5.07. The van der Waals surface area contributed by atoms with Crippen LogP contribution in [-0.4, -0.2) is 15.6 Å². The highest BCUT2D eigenvalue weighted by atomic mass is 15.1. The second kappa shape index (κ2) is 4.49. The van der Waals surface area contributed by atoms with Gasteiger partial charge in [0.05, 0.1) is 17.6 Å². The summed E-state index contributed by atoms with van der Waals surface area (Å²) in [7, 11) is 2.09. The quantitative estimate of drug-likeness (QED) is 0.880. The number of aromatic nitrogens is 2. The molecule has 0 radical (unpaired) electrons. The average molecular weight is 231 g/mol. The number of imidazole rings is 1. The van der Waals surface area contributed by atoms with Gasteiger partial charge >= 0.3 is 0 Å². The molecule has 0 bridgehead atoms. The lowest BCUT2D eigenvalue weighted by molar-refractivity contribution is 0.563. The number of fused-ring (bicyclic) bond motifs is 1. The molecule has 17 heavy (non-hydrogen) atoms. The largest absolute Gasteiger partial charge is 0.330 e. The van der Waals surface area contributed by atoms with Crippen molar-refractivity contribution in [1.82, 2.24) is 14.9 Å². The Morgan fingerprint density at radius 3 is 2.65 bits per heavy atom.